The van der Waals surface area contributed by atoms with Crippen molar-refractivity contribution in [3.05, 3.63) is 0 Å². The molecule has 0 bridgehead atoms. The van der Waals surface area contributed by atoms with Crippen LogP contribution in [0.5, 0.6) is 0 Å². The van der Waals surface area contributed by atoms with Crippen LogP contribution in [0.3, 0.4) is 0 Å². The molecule has 3 heteroatoms. The van der Waals surface area contributed by atoms with E-state index >= 15 is 0 Å². The Morgan fingerprint density at radius 2 is 1.00 bits per heavy atom. The Kier molecular flexibility index (Phi) is 19.5. The predicted octanol–water partition coefficient (Wildman–Crippen LogP) is 5.52. The quantitative estimate of drug-likeness (QED) is 0.206. The van der Waals surface area contributed by atoms with E-state index < -0.39 is 0 Å². The number of likely N-dealkylation sites (N-methyl/N-ethyl adjacent to an activating group) is 1. The van der Waals surface area contributed by atoms with Crippen LogP contribution in [0.15, 0.2) is 0 Å². The summed E-state index contributed by atoms with van der Waals surface area (Å²) in [5.41, 5.74) is 0. The first-order valence-electron chi connectivity index (χ1n) is 11.8. The third kappa shape index (κ3) is 20.2. The third-order valence-electron chi connectivity index (χ3n) is 5.53. The van der Waals surface area contributed by atoms with Gasteiger partial charge in [-0.3, -0.25) is 0 Å². The van der Waals surface area contributed by atoms with Crippen molar-refractivity contribution in [3.8, 4) is 0 Å². The lowest BCUT2D eigenvalue weighted by atomic mass is 10.0. The zero-order valence-electron chi connectivity index (χ0n) is 18.5. The largest absolute Gasteiger partial charge is 0.391 e. The van der Waals surface area contributed by atoms with Gasteiger partial charge < -0.3 is 14.9 Å². The molecule has 0 radical (unpaired) electrons. The van der Waals surface area contributed by atoms with Crippen LogP contribution in [0.2, 0.25) is 0 Å². The Morgan fingerprint density at radius 3 is 1.46 bits per heavy atom. The molecule has 0 aromatic carbocycles. The minimum atomic E-state index is 0.291. The molecule has 0 unspecified atom stereocenters. The Labute approximate surface area is 165 Å². The molecule has 2 N–H and O–H groups in total. The van der Waals surface area contributed by atoms with Crippen molar-refractivity contribution in [2.24, 2.45) is 0 Å². The molecule has 0 aliphatic carbocycles. The number of unbranched alkanes of at least 4 members (excludes halogenated alkanes) is 13. The van der Waals surface area contributed by atoms with Crippen LogP contribution in [-0.4, -0.2) is 56.5 Å². The molecule has 3 nitrogen and oxygen atoms in total. The molecule has 158 valence electrons. The fraction of sp³-hybridized carbons (Fsp3) is 1.00. The van der Waals surface area contributed by atoms with Crippen LogP contribution in [0.4, 0.5) is 0 Å². The lowest BCUT2D eigenvalue weighted by Crippen LogP contribution is -2.43. The Morgan fingerprint density at radius 1 is 0.577 bits per heavy atom. The van der Waals surface area contributed by atoms with Crippen molar-refractivity contribution in [3.63, 3.8) is 0 Å². The van der Waals surface area contributed by atoms with E-state index in [0.29, 0.717) is 6.61 Å². The van der Waals surface area contributed by atoms with E-state index in [-0.39, 0.29) is 0 Å². The van der Waals surface area contributed by atoms with Crippen molar-refractivity contribution in [2.45, 2.75) is 103 Å². The number of hydrogen-bond donors (Lipinski definition) is 2. The number of nitrogens with zero attached hydrogens (tertiary/aromatic N) is 1. The average molecular weight is 372 g/mol. The zero-order chi connectivity index (χ0) is 19.3. The second-order valence-corrected chi connectivity index (χ2v) is 8.81. The number of hydrogen-bond acceptors (Lipinski definition) is 2. The highest BCUT2D eigenvalue weighted by atomic mass is 16.3. The number of rotatable bonds is 21. The number of quaternary nitrogens is 1. The van der Waals surface area contributed by atoms with E-state index in [9.17, 15) is 0 Å². The molecular weight excluding hydrogens is 320 g/mol. The topological polar surface area (TPSA) is 32.3 Å². The summed E-state index contributed by atoms with van der Waals surface area (Å²) in [7, 11) is 4.40. The summed E-state index contributed by atoms with van der Waals surface area (Å²) in [6.45, 7) is 6.88. The van der Waals surface area contributed by atoms with Crippen LogP contribution in [0.1, 0.15) is 103 Å². The van der Waals surface area contributed by atoms with Crippen molar-refractivity contribution < 1.29 is 9.59 Å². The third-order valence-corrected chi connectivity index (χ3v) is 5.53. The van der Waals surface area contributed by atoms with Gasteiger partial charge in [0.1, 0.15) is 6.54 Å². The van der Waals surface area contributed by atoms with Crippen molar-refractivity contribution in [2.75, 3.05) is 46.9 Å². The standard InChI is InChI=1S/C23H51N2O/c1-4-5-6-7-8-9-10-11-12-13-14-15-16-17-19-24-20-18-21-25(2,3)22-23-26/h24,26H,4-23H2,1-3H3/q+1. The SMILES string of the molecule is CCCCCCCCCCCCCCCCNCCC[N+](C)(C)CCO. The number of aliphatic hydroxyl groups is 1. The Hall–Kier alpha value is -0.120. The molecule has 0 saturated carbocycles. The van der Waals surface area contributed by atoms with Gasteiger partial charge in [-0.25, -0.2) is 0 Å². The van der Waals surface area contributed by atoms with Crippen molar-refractivity contribution >= 4 is 0 Å². The summed E-state index contributed by atoms with van der Waals surface area (Å²) < 4.78 is 0.928. The fourth-order valence-corrected chi connectivity index (χ4v) is 3.58. The molecule has 0 amide bonds. The minimum absolute atomic E-state index is 0.291. The van der Waals surface area contributed by atoms with Gasteiger partial charge in [-0.05, 0) is 13.0 Å². The second-order valence-electron chi connectivity index (χ2n) is 8.81. The van der Waals surface area contributed by atoms with E-state index in [4.69, 9.17) is 5.11 Å². The molecule has 0 aliphatic heterocycles. The predicted molar refractivity (Wildman–Crippen MR) is 117 cm³/mol. The van der Waals surface area contributed by atoms with E-state index in [1.54, 1.807) is 0 Å². The van der Waals surface area contributed by atoms with Crippen LogP contribution < -0.4 is 5.32 Å². The first-order valence-corrected chi connectivity index (χ1v) is 11.8. The molecule has 0 atom stereocenters. The van der Waals surface area contributed by atoms with E-state index in [2.05, 4.69) is 26.3 Å². The fourth-order valence-electron chi connectivity index (χ4n) is 3.58. The van der Waals surface area contributed by atoms with Crippen LogP contribution in [0.25, 0.3) is 0 Å². The van der Waals surface area contributed by atoms with Gasteiger partial charge in [0.25, 0.3) is 0 Å². The monoisotopic (exact) mass is 371 g/mol. The van der Waals surface area contributed by atoms with Gasteiger partial charge in [0.05, 0.1) is 27.2 Å². The molecule has 0 rings (SSSR count). The second kappa shape index (κ2) is 19.6. The lowest BCUT2D eigenvalue weighted by molar-refractivity contribution is -0.890. The van der Waals surface area contributed by atoms with Gasteiger partial charge in [-0.2, -0.15) is 0 Å². The van der Waals surface area contributed by atoms with Crippen LogP contribution in [-0.2, 0) is 0 Å². The number of aliphatic hydroxyl groups excluding tert-OH is 1. The van der Waals surface area contributed by atoms with E-state index in [0.717, 1.165) is 24.1 Å². The van der Waals surface area contributed by atoms with Gasteiger partial charge in [0.2, 0.25) is 0 Å². The first-order chi connectivity index (χ1) is 12.6. The maximum Gasteiger partial charge on any atom is 0.102 e. The molecule has 0 aromatic heterocycles. The molecule has 0 fully saturated rings. The summed E-state index contributed by atoms with van der Waals surface area (Å²) in [5.74, 6) is 0. The molecule has 0 aromatic rings. The van der Waals surface area contributed by atoms with Gasteiger partial charge in [0, 0.05) is 13.0 Å². The van der Waals surface area contributed by atoms with Crippen molar-refractivity contribution in [1.82, 2.24) is 5.32 Å². The zero-order valence-corrected chi connectivity index (χ0v) is 18.5. The van der Waals surface area contributed by atoms with Gasteiger partial charge in [0.15, 0.2) is 0 Å². The normalized spacial score (nSPS) is 12.0. The summed E-state index contributed by atoms with van der Waals surface area (Å²) in [5, 5.41) is 12.6. The summed E-state index contributed by atoms with van der Waals surface area (Å²) in [6.07, 6.45) is 21.2. The summed E-state index contributed by atoms with van der Waals surface area (Å²) >= 11 is 0. The molecule has 0 saturated heterocycles. The molecule has 0 heterocycles. The Balaban J connectivity index is 3.09. The van der Waals surface area contributed by atoms with Crippen molar-refractivity contribution in [1.29, 1.82) is 0 Å². The highest BCUT2D eigenvalue weighted by Crippen LogP contribution is 2.12. The molecule has 0 aliphatic rings. The highest BCUT2D eigenvalue weighted by molar-refractivity contribution is 4.52. The molecular formula is C23H51N2O+. The summed E-state index contributed by atoms with van der Waals surface area (Å²) in [6, 6.07) is 0. The molecule has 0 spiro atoms. The molecule has 26 heavy (non-hydrogen) atoms. The van der Waals surface area contributed by atoms with Crippen LogP contribution >= 0.6 is 0 Å². The minimum Gasteiger partial charge on any atom is -0.391 e. The van der Waals surface area contributed by atoms with Gasteiger partial charge in [-0.1, -0.05) is 90.4 Å². The van der Waals surface area contributed by atoms with Gasteiger partial charge >= 0.3 is 0 Å². The Bertz CT molecular complexity index is 269. The van der Waals surface area contributed by atoms with Crippen LogP contribution in [0, 0.1) is 0 Å². The first kappa shape index (κ1) is 25.9. The van der Waals surface area contributed by atoms with Gasteiger partial charge in [-0.15, -0.1) is 0 Å². The average Bonchev–Trinajstić information content (AvgIpc) is 2.60. The summed E-state index contributed by atoms with van der Waals surface area (Å²) in [4.78, 5) is 0. The lowest BCUT2D eigenvalue weighted by Gasteiger charge is -2.28. The number of nitrogens with one attached hydrogen (secondary N) is 1. The maximum atomic E-state index is 9.02. The van der Waals surface area contributed by atoms with E-state index in [1.165, 1.54) is 103 Å². The van der Waals surface area contributed by atoms with E-state index in [1.807, 2.05) is 0 Å². The highest BCUT2D eigenvalue weighted by Gasteiger charge is 2.12. The maximum absolute atomic E-state index is 9.02. The smallest absolute Gasteiger partial charge is 0.102 e.